The molecule has 0 aliphatic rings. The van der Waals surface area contributed by atoms with E-state index in [1.807, 2.05) is 0 Å². The quantitative estimate of drug-likeness (QED) is 0.685. The fraction of sp³-hybridized carbons (Fsp3) is 0.294. The van der Waals surface area contributed by atoms with E-state index in [1.165, 1.54) is 41.5 Å². The molecule has 0 fully saturated rings. The molecule has 0 bridgehead atoms. The molecule has 0 saturated carbocycles. The molecule has 2 aromatic rings. The highest BCUT2D eigenvalue weighted by atomic mass is 14.0. The van der Waals surface area contributed by atoms with Crippen LogP contribution in [0, 0.1) is 6.92 Å². The Kier molecular flexibility index (Phi) is 3.98. The summed E-state index contributed by atoms with van der Waals surface area (Å²) in [6.07, 6.45) is 3.74. The lowest BCUT2D eigenvalue weighted by Gasteiger charge is -2.04. The second kappa shape index (κ2) is 5.67. The van der Waals surface area contributed by atoms with Gasteiger partial charge in [-0.05, 0) is 36.5 Å². The number of hydrogen-bond donors (Lipinski definition) is 0. The van der Waals surface area contributed by atoms with Gasteiger partial charge in [0.15, 0.2) is 0 Å². The molecule has 0 heterocycles. The van der Waals surface area contributed by atoms with Crippen molar-refractivity contribution in [2.75, 3.05) is 0 Å². The van der Waals surface area contributed by atoms with Crippen LogP contribution in [0.25, 0.3) is 11.1 Å². The van der Waals surface area contributed by atoms with Gasteiger partial charge < -0.3 is 0 Å². The number of aryl methyl sites for hydroxylation is 2. The average Bonchev–Trinajstić information content (AvgIpc) is 2.38. The van der Waals surface area contributed by atoms with E-state index in [0.29, 0.717) is 0 Å². The topological polar surface area (TPSA) is 0 Å². The molecule has 0 atom stereocenters. The van der Waals surface area contributed by atoms with E-state index in [1.54, 1.807) is 0 Å². The molecule has 0 aliphatic carbocycles. The van der Waals surface area contributed by atoms with Gasteiger partial charge in [-0.15, -0.1) is 0 Å². The Bertz CT molecular complexity index is 448. The number of rotatable bonds is 4. The molecule has 2 aromatic carbocycles. The van der Waals surface area contributed by atoms with Gasteiger partial charge in [-0.25, -0.2) is 0 Å². The second-order valence-electron chi connectivity index (χ2n) is 4.67. The van der Waals surface area contributed by atoms with Crippen molar-refractivity contribution >= 4 is 0 Å². The molecule has 0 radical (unpaired) electrons. The van der Waals surface area contributed by atoms with Crippen molar-refractivity contribution in [1.29, 1.82) is 0 Å². The fourth-order valence-corrected chi connectivity index (χ4v) is 1.99. The van der Waals surface area contributed by atoms with Gasteiger partial charge in [0.05, 0.1) is 0 Å². The maximum absolute atomic E-state index is 2.25. The van der Waals surface area contributed by atoms with Crippen LogP contribution in [0.15, 0.2) is 48.5 Å². The van der Waals surface area contributed by atoms with Gasteiger partial charge in [-0.2, -0.15) is 0 Å². The molecule has 0 spiro atoms. The third-order valence-corrected chi connectivity index (χ3v) is 3.16. The van der Waals surface area contributed by atoms with Crippen LogP contribution in [0.1, 0.15) is 30.9 Å². The van der Waals surface area contributed by atoms with Gasteiger partial charge in [0.25, 0.3) is 0 Å². The molecular weight excluding hydrogens is 204 g/mol. The number of hydrogen-bond acceptors (Lipinski definition) is 0. The van der Waals surface area contributed by atoms with E-state index in [-0.39, 0.29) is 0 Å². The van der Waals surface area contributed by atoms with Crippen molar-refractivity contribution in [2.45, 2.75) is 33.1 Å². The zero-order valence-corrected chi connectivity index (χ0v) is 10.7. The van der Waals surface area contributed by atoms with Crippen LogP contribution >= 0.6 is 0 Å². The van der Waals surface area contributed by atoms with Crippen LogP contribution in [-0.2, 0) is 6.42 Å². The van der Waals surface area contributed by atoms with Crippen molar-refractivity contribution in [3.63, 3.8) is 0 Å². The van der Waals surface area contributed by atoms with E-state index < -0.39 is 0 Å². The minimum atomic E-state index is 1.20. The molecule has 0 aliphatic heterocycles. The monoisotopic (exact) mass is 224 g/mol. The summed E-state index contributed by atoms with van der Waals surface area (Å²) in [5.41, 5.74) is 5.37. The fourth-order valence-electron chi connectivity index (χ4n) is 1.99. The lowest BCUT2D eigenvalue weighted by Crippen LogP contribution is -1.85. The smallest absolute Gasteiger partial charge is 0.0184 e. The Morgan fingerprint density at radius 1 is 0.765 bits per heavy atom. The van der Waals surface area contributed by atoms with Crippen molar-refractivity contribution in [2.24, 2.45) is 0 Å². The third-order valence-electron chi connectivity index (χ3n) is 3.16. The number of benzene rings is 2. The molecule has 2 rings (SSSR count). The van der Waals surface area contributed by atoms with E-state index in [0.717, 1.165) is 0 Å². The van der Waals surface area contributed by atoms with Crippen molar-refractivity contribution < 1.29 is 0 Å². The average molecular weight is 224 g/mol. The highest BCUT2D eigenvalue weighted by Gasteiger charge is 1.97. The van der Waals surface area contributed by atoms with Gasteiger partial charge in [0.1, 0.15) is 0 Å². The predicted octanol–water partition coefficient (Wildman–Crippen LogP) is 5.00. The Morgan fingerprint density at radius 3 is 1.82 bits per heavy atom. The van der Waals surface area contributed by atoms with Crippen LogP contribution < -0.4 is 0 Å². The first-order valence-electron chi connectivity index (χ1n) is 6.45. The summed E-state index contributed by atoms with van der Waals surface area (Å²) in [5, 5.41) is 0. The lowest BCUT2D eigenvalue weighted by molar-refractivity contribution is 0.795. The van der Waals surface area contributed by atoms with Gasteiger partial charge in [0, 0.05) is 0 Å². The van der Waals surface area contributed by atoms with Crippen molar-refractivity contribution in [3.8, 4) is 11.1 Å². The third kappa shape index (κ3) is 3.20. The summed E-state index contributed by atoms with van der Waals surface area (Å²) < 4.78 is 0. The first-order valence-corrected chi connectivity index (χ1v) is 6.45. The van der Waals surface area contributed by atoms with Crippen LogP contribution in [-0.4, -0.2) is 0 Å². The molecule has 0 aromatic heterocycles. The highest BCUT2D eigenvalue weighted by molar-refractivity contribution is 5.63. The molecule has 88 valence electrons. The highest BCUT2D eigenvalue weighted by Crippen LogP contribution is 2.20. The summed E-state index contributed by atoms with van der Waals surface area (Å²) >= 11 is 0. The van der Waals surface area contributed by atoms with Crippen molar-refractivity contribution in [1.82, 2.24) is 0 Å². The molecule has 0 unspecified atom stereocenters. The Labute approximate surface area is 104 Å². The van der Waals surface area contributed by atoms with E-state index in [9.17, 15) is 0 Å². The zero-order chi connectivity index (χ0) is 12.1. The summed E-state index contributed by atoms with van der Waals surface area (Å²) in [7, 11) is 0. The number of unbranched alkanes of at least 4 members (excludes halogenated alkanes) is 1. The first-order chi connectivity index (χ1) is 8.29. The molecule has 0 heteroatoms. The van der Waals surface area contributed by atoms with Crippen LogP contribution in [0.5, 0.6) is 0 Å². The molecule has 17 heavy (non-hydrogen) atoms. The van der Waals surface area contributed by atoms with Gasteiger partial charge in [-0.1, -0.05) is 67.4 Å². The SMILES string of the molecule is CCCCc1ccc(-c2ccc(C)cc2)cc1. The second-order valence-corrected chi connectivity index (χ2v) is 4.67. The Morgan fingerprint density at radius 2 is 1.29 bits per heavy atom. The molecule has 0 saturated heterocycles. The lowest BCUT2D eigenvalue weighted by atomic mass is 10.0. The summed E-state index contributed by atoms with van der Waals surface area (Å²) in [6.45, 7) is 4.36. The normalized spacial score (nSPS) is 10.5. The van der Waals surface area contributed by atoms with Crippen LogP contribution in [0.3, 0.4) is 0 Å². The Hall–Kier alpha value is -1.56. The summed E-state index contributed by atoms with van der Waals surface area (Å²) in [6, 6.07) is 17.7. The van der Waals surface area contributed by atoms with Crippen LogP contribution in [0.2, 0.25) is 0 Å². The molecule has 0 nitrogen and oxygen atoms in total. The summed E-state index contributed by atoms with van der Waals surface area (Å²) in [4.78, 5) is 0. The van der Waals surface area contributed by atoms with E-state index in [2.05, 4.69) is 62.4 Å². The standard InChI is InChI=1S/C17H20/c1-3-4-5-15-8-12-17(13-9-15)16-10-6-14(2)7-11-16/h6-13H,3-5H2,1-2H3. The van der Waals surface area contributed by atoms with Gasteiger partial charge in [-0.3, -0.25) is 0 Å². The first kappa shape index (κ1) is 11.9. The van der Waals surface area contributed by atoms with Gasteiger partial charge >= 0.3 is 0 Å². The molecule has 0 N–H and O–H groups in total. The van der Waals surface area contributed by atoms with E-state index in [4.69, 9.17) is 0 Å². The Balaban J connectivity index is 2.14. The maximum Gasteiger partial charge on any atom is -0.0184 e. The van der Waals surface area contributed by atoms with E-state index >= 15 is 0 Å². The predicted molar refractivity (Wildman–Crippen MR) is 75.2 cm³/mol. The van der Waals surface area contributed by atoms with Gasteiger partial charge in [0.2, 0.25) is 0 Å². The molecular formula is C17H20. The molecule has 0 amide bonds. The largest absolute Gasteiger partial charge is 0.0654 e. The zero-order valence-electron chi connectivity index (χ0n) is 10.7. The minimum Gasteiger partial charge on any atom is -0.0654 e. The van der Waals surface area contributed by atoms with Crippen molar-refractivity contribution in [3.05, 3.63) is 59.7 Å². The minimum absolute atomic E-state index is 1.20. The van der Waals surface area contributed by atoms with Crippen LogP contribution in [0.4, 0.5) is 0 Å². The maximum atomic E-state index is 2.25. The summed E-state index contributed by atoms with van der Waals surface area (Å²) in [5.74, 6) is 0.